The summed E-state index contributed by atoms with van der Waals surface area (Å²) in [7, 11) is 0. The molecule has 38 heavy (non-hydrogen) atoms. The molecule has 0 unspecified atom stereocenters. The summed E-state index contributed by atoms with van der Waals surface area (Å²) in [6, 6.07) is 27.1. The van der Waals surface area contributed by atoms with Gasteiger partial charge in [0.05, 0.1) is 17.8 Å². The molecule has 188 valence electrons. The molecule has 0 atom stereocenters. The lowest BCUT2D eigenvalue weighted by atomic mass is 10.0. The fourth-order valence-corrected chi connectivity index (χ4v) is 5.20. The van der Waals surface area contributed by atoms with Crippen molar-refractivity contribution in [2.45, 2.75) is 0 Å². The van der Waals surface area contributed by atoms with Gasteiger partial charge < -0.3 is 10.1 Å². The van der Waals surface area contributed by atoms with Crippen LogP contribution in [0.2, 0.25) is 5.02 Å². The SMILES string of the molecule is O=C(CNC(=O)c1cccc2ccccc12)NN=Cc1ccc(OC(=O)c2sc3ccccc3c2Cl)cc1. The molecule has 0 saturated carbocycles. The van der Waals surface area contributed by atoms with Gasteiger partial charge in [-0.2, -0.15) is 5.10 Å². The normalized spacial score (nSPS) is 11.1. The molecule has 0 saturated heterocycles. The van der Waals surface area contributed by atoms with E-state index in [1.807, 2.05) is 54.6 Å². The van der Waals surface area contributed by atoms with E-state index in [4.69, 9.17) is 16.3 Å². The van der Waals surface area contributed by atoms with E-state index in [1.165, 1.54) is 17.6 Å². The van der Waals surface area contributed by atoms with Crippen LogP contribution in [0.4, 0.5) is 0 Å². The van der Waals surface area contributed by atoms with Crippen molar-refractivity contribution in [2.75, 3.05) is 6.54 Å². The maximum Gasteiger partial charge on any atom is 0.355 e. The van der Waals surface area contributed by atoms with Crippen molar-refractivity contribution in [2.24, 2.45) is 5.10 Å². The highest BCUT2D eigenvalue weighted by atomic mass is 35.5. The van der Waals surface area contributed by atoms with E-state index in [0.29, 0.717) is 26.8 Å². The quantitative estimate of drug-likeness (QED) is 0.118. The molecule has 1 heterocycles. The number of halogens is 1. The molecule has 1 aromatic heterocycles. The second-order valence-corrected chi connectivity index (χ2v) is 9.63. The standard InChI is InChI=1S/C29H20ClN3O4S/c30-26-23-9-3-4-11-24(23)38-27(26)29(36)37-20-14-12-18(13-15-20)16-32-33-25(34)17-31-28(35)22-10-5-7-19-6-1-2-8-21(19)22/h1-16H,17H2,(H,31,35)(H,33,34). The Labute approximate surface area is 226 Å². The van der Waals surface area contributed by atoms with Gasteiger partial charge in [-0.3, -0.25) is 9.59 Å². The second-order valence-electron chi connectivity index (χ2n) is 8.20. The summed E-state index contributed by atoms with van der Waals surface area (Å²) in [5.74, 6) is -1.00. The van der Waals surface area contributed by atoms with E-state index in [2.05, 4.69) is 15.8 Å². The minimum atomic E-state index is -0.532. The van der Waals surface area contributed by atoms with E-state index in [-0.39, 0.29) is 12.5 Å². The highest BCUT2D eigenvalue weighted by Crippen LogP contribution is 2.35. The first-order chi connectivity index (χ1) is 18.5. The highest BCUT2D eigenvalue weighted by Gasteiger charge is 2.19. The molecule has 7 nitrogen and oxygen atoms in total. The topological polar surface area (TPSA) is 96.9 Å². The molecule has 0 aliphatic heterocycles. The largest absolute Gasteiger partial charge is 0.422 e. The van der Waals surface area contributed by atoms with Crippen LogP contribution in [-0.2, 0) is 4.79 Å². The summed E-state index contributed by atoms with van der Waals surface area (Å²) in [4.78, 5) is 37.6. The molecule has 4 aromatic carbocycles. The van der Waals surface area contributed by atoms with E-state index >= 15 is 0 Å². The Hall–Kier alpha value is -4.53. The van der Waals surface area contributed by atoms with E-state index < -0.39 is 11.9 Å². The van der Waals surface area contributed by atoms with Crippen LogP contribution in [0.5, 0.6) is 5.75 Å². The van der Waals surface area contributed by atoms with E-state index in [9.17, 15) is 14.4 Å². The third-order valence-electron chi connectivity index (χ3n) is 5.66. The minimum absolute atomic E-state index is 0.228. The molecule has 5 aromatic rings. The fourth-order valence-electron chi connectivity index (χ4n) is 3.82. The Kier molecular flexibility index (Phi) is 7.44. The number of esters is 1. The summed E-state index contributed by atoms with van der Waals surface area (Å²) in [6.07, 6.45) is 1.44. The zero-order valence-corrected chi connectivity index (χ0v) is 21.4. The Morgan fingerprint density at radius 3 is 2.37 bits per heavy atom. The summed E-state index contributed by atoms with van der Waals surface area (Å²) < 4.78 is 6.37. The number of hydrogen-bond donors (Lipinski definition) is 2. The van der Waals surface area contributed by atoms with Crippen LogP contribution in [0.3, 0.4) is 0 Å². The Morgan fingerprint density at radius 2 is 1.58 bits per heavy atom. The van der Waals surface area contributed by atoms with Crippen LogP contribution in [0.15, 0.2) is 96.1 Å². The van der Waals surface area contributed by atoms with Gasteiger partial charge in [0.2, 0.25) is 0 Å². The van der Waals surface area contributed by atoms with Crippen LogP contribution in [-0.4, -0.2) is 30.5 Å². The Morgan fingerprint density at radius 1 is 0.868 bits per heavy atom. The summed E-state index contributed by atoms with van der Waals surface area (Å²) in [5.41, 5.74) is 3.55. The van der Waals surface area contributed by atoms with Gasteiger partial charge in [0.1, 0.15) is 10.6 Å². The summed E-state index contributed by atoms with van der Waals surface area (Å²) >= 11 is 7.63. The maximum atomic E-state index is 12.6. The molecule has 9 heteroatoms. The monoisotopic (exact) mass is 541 g/mol. The molecule has 2 N–H and O–H groups in total. The van der Waals surface area contributed by atoms with Crippen LogP contribution in [0, 0.1) is 0 Å². The average Bonchev–Trinajstić information content (AvgIpc) is 3.29. The summed E-state index contributed by atoms with van der Waals surface area (Å²) in [6.45, 7) is -0.228. The zero-order valence-electron chi connectivity index (χ0n) is 19.8. The van der Waals surface area contributed by atoms with Gasteiger partial charge in [0, 0.05) is 15.6 Å². The number of carbonyl (C=O) groups excluding carboxylic acids is 3. The highest BCUT2D eigenvalue weighted by molar-refractivity contribution is 7.21. The van der Waals surface area contributed by atoms with Crippen molar-refractivity contribution in [3.63, 3.8) is 0 Å². The number of amides is 2. The number of nitrogens with zero attached hydrogens (tertiary/aromatic N) is 1. The van der Waals surface area contributed by atoms with Crippen LogP contribution in [0.1, 0.15) is 25.6 Å². The van der Waals surface area contributed by atoms with Crippen molar-refractivity contribution in [3.05, 3.63) is 112 Å². The van der Waals surface area contributed by atoms with Gasteiger partial charge in [-0.05, 0) is 52.7 Å². The number of hydrazone groups is 1. The first kappa shape index (κ1) is 25.1. The maximum absolute atomic E-state index is 12.6. The molecule has 2 amide bonds. The smallest absolute Gasteiger partial charge is 0.355 e. The van der Waals surface area contributed by atoms with Gasteiger partial charge in [0.25, 0.3) is 11.8 Å². The van der Waals surface area contributed by atoms with Gasteiger partial charge in [-0.25, -0.2) is 10.2 Å². The van der Waals surface area contributed by atoms with Gasteiger partial charge in [-0.15, -0.1) is 11.3 Å². The van der Waals surface area contributed by atoms with Crippen molar-refractivity contribution in [3.8, 4) is 5.75 Å². The average molecular weight is 542 g/mol. The Bertz CT molecular complexity index is 1690. The number of hydrogen-bond acceptors (Lipinski definition) is 6. The van der Waals surface area contributed by atoms with Crippen molar-refractivity contribution < 1.29 is 19.1 Å². The van der Waals surface area contributed by atoms with Crippen LogP contribution in [0.25, 0.3) is 20.9 Å². The third kappa shape index (κ3) is 5.56. The van der Waals surface area contributed by atoms with Crippen molar-refractivity contribution >= 4 is 67.8 Å². The van der Waals surface area contributed by atoms with Crippen molar-refractivity contribution in [1.82, 2.24) is 10.7 Å². The Balaban J connectivity index is 1.12. The number of thiophene rings is 1. The van der Waals surface area contributed by atoms with E-state index in [1.54, 1.807) is 36.4 Å². The molecule has 0 aliphatic carbocycles. The minimum Gasteiger partial charge on any atom is -0.422 e. The molecule has 0 fully saturated rings. The third-order valence-corrected chi connectivity index (χ3v) is 7.31. The molecular weight excluding hydrogens is 522 g/mol. The number of nitrogens with one attached hydrogen (secondary N) is 2. The van der Waals surface area contributed by atoms with Gasteiger partial charge in [-0.1, -0.05) is 66.2 Å². The first-order valence-corrected chi connectivity index (χ1v) is 12.8. The predicted molar refractivity (Wildman–Crippen MR) is 150 cm³/mol. The lowest BCUT2D eigenvalue weighted by Gasteiger charge is -2.07. The molecule has 5 rings (SSSR count). The van der Waals surface area contributed by atoms with Crippen LogP contribution < -0.4 is 15.5 Å². The second kappa shape index (κ2) is 11.2. The van der Waals surface area contributed by atoms with Crippen LogP contribution >= 0.6 is 22.9 Å². The number of rotatable bonds is 7. The zero-order chi connectivity index (χ0) is 26.5. The molecular formula is C29H20ClN3O4S. The lowest BCUT2D eigenvalue weighted by molar-refractivity contribution is -0.120. The van der Waals surface area contributed by atoms with E-state index in [0.717, 1.165) is 20.9 Å². The predicted octanol–water partition coefficient (Wildman–Crippen LogP) is 5.81. The lowest BCUT2D eigenvalue weighted by Crippen LogP contribution is -2.35. The number of fused-ring (bicyclic) bond motifs is 2. The van der Waals surface area contributed by atoms with Gasteiger partial charge >= 0.3 is 5.97 Å². The van der Waals surface area contributed by atoms with Crippen molar-refractivity contribution in [1.29, 1.82) is 0 Å². The fraction of sp³-hybridized carbons (Fsp3) is 0.0345. The van der Waals surface area contributed by atoms with Gasteiger partial charge in [0.15, 0.2) is 0 Å². The first-order valence-electron chi connectivity index (χ1n) is 11.6. The summed E-state index contributed by atoms with van der Waals surface area (Å²) in [5, 5.41) is 9.47. The number of carbonyl (C=O) groups is 3. The molecule has 0 radical (unpaired) electrons. The number of ether oxygens (including phenoxy) is 1. The number of benzene rings is 4. The molecule has 0 bridgehead atoms. The molecule has 0 spiro atoms. The molecule has 0 aliphatic rings.